The van der Waals surface area contributed by atoms with Crippen molar-refractivity contribution in [2.75, 3.05) is 25.8 Å². The number of anilines is 1. The van der Waals surface area contributed by atoms with Crippen LogP contribution in [0.1, 0.15) is 19.4 Å². The molecule has 1 atom stereocenters. The molecule has 9 heteroatoms. The van der Waals surface area contributed by atoms with Gasteiger partial charge >= 0.3 is 5.97 Å². The molecular formula is C21H22N2O7. The largest absolute Gasteiger partial charge is 0.497 e. The second-order valence-corrected chi connectivity index (χ2v) is 6.37. The Bertz CT molecular complexity index is 941. The number of amides is 1. The molecule has 30 heavy (non-hydrogen) atoms. The summed E-state index contributed by atoms with van der Waals surface area (Å²) in [6.07, 6.45) is -0.998. The third kappa shape index (κ3) is 5.40. The molecule has 0 radical (unpaired) electrons. The molecule has 2 aromatic carbocycles. The van der Waals surface area contributed by atoms with Crippen LogP contribution in [0.25, 0.3) is 0 Å². The molecule has 9 nitrogen and oxygen atoms in total. The fourth-order valence-corrected chi connectivity index (χ4v) is 2.56. The second-order valence-electron chi connectivity index (χ2n) is 6.37. The second kappa shape index (κ2) is 9.64. The maximum atomic E-state index is 12.2. The molecule has 158 valence electrons. The lowest BCUT2D eigenvalue weighted by Gasteiger charge is -2.13. The van der Waals surface area contributed by atoms with Crippen LogP contribution in [0, 0.1) is 0 Å². The molecule has 0 aromatic heterocycles. The first-order chi connectivity index (χ1) is 14.5. The van der Waals surface area contributed by atoms with Crippen molar-refractivity contribution in [1.82, 2.24) is 0 Å². The van der Waals surface area contributed by atoms with Crippen LogP contribution < -0.4 is 19.5 Å². The summed E-state index contributed by atoms with van der Waals surface area (Å²) in [5, 5.41) is 6.56. The van der Waals surface area contributed by atoms with E-state index in [9.17, 15) is 9.59 Å². The SMILES string of the molecule is COc1ccc(NC(=O)C(C)OC(=O)CO/N=C(\C)c2ccc3c(c2)OCO3)cc1. The van der Waals surface area contributed by atoms with Crippen molar-refractivity contribution in [2.24, 2.45) is 5.16 Å². The Morgan fingerprint density at radius 3 is 2.60 bits per heavy atom. The van der Waals surface area contributed by atoms with E-state index >= 15 is 0 Å². The van der Waals surface area contributed by atoms with Gasteiger partial charge in [-0.2, -0.15) is 0 Å². The van der Waals surface area contributed by atoms with Crippen LogP contribution in [-0.4, -0.2) is 44.2 Å². The average molecular weight is 414 g/mol. The van der Waals surface area contributed by atoms with Gasteiger partial charge in [-0.05, 0) is 56.3 Å². The maximum Gasteiger partial charge on any atom is 0.347 e. The summed E-state index contributed by atoms with van der Waals surface area (Å²) < 4.78 is 20.7. The molecule has 1 heterocycles. The molecular weight excluding hydrogens is 392 g/mol. The third-order valence-corrected chi connectivity index (χ3v) is 4.21. The summed E-state index contributed by atoms with van der Waals surface area (Å²) in [5.74, 6) is 0.778. The van der Waals surface area contributed by atoms with Crippen LogP contribution >= 0.6 is 0 Å². The first kappa shape index (κ1) is 21.0. The summed E-state index contributed by atoms with van der Waals surface area (Å²) in [6.45, 7) is 2.95. The van der Waals surface area contributed by atoms with Crippen LogP contribution in [0.2, 0.25) is 0 Å². The Labute approximate surface area is 173 Å². The standard InChI is InChI=1S/C21H22N2O7/c1-13(15-4-9-18-19(10-15)28-12-27-18)23-29-11-20(24)30-14(2)21(25)22-16-5-7-17(26-3)8-6-16/h4-10,14H,11-12H2,1-3H3,(H,22,25)/b23-13+. The number of esters is 1. The lowest BCUT2D eigenvalue weighted by Crippen LogP contribution is -2.31. The monoisotopic (exact) mass is 414 g/mol. The smallest absolute Gasteiger partial charge is 0.347 e. The van der Waals surface area contributed by atoms with E-state index < -0.39 is 24.6 Å². The van der Waals surface area contributed by atoms with Gasteiger partial charge in [-0.3, -0.25) is 4.79 Å². The zero-order valence-electron chi connectivity index (χ0n) is 16.8. The van der Waals surface area contributed by atoms with Crippen molar-refractivity contribution in [2.45, 2.75) is 20.0 Å². The Hall–Kier alpha value is -3.75. The van der Waals surface area contributed by atoms with Crippen LogP contribution in [0.5, 0.6) is 17.2 Å². The Morgan fingerprint density at radius 2 is 1.87 bits per heavy atom. The van der Waals surface area contributed by atoms with Crippen molar-refractivity contribution in [1.29, 1.82) is 0 Å². The Morgan fingerprint density at radius 1 is 1.13 bits per heavy atom. The minimum atomic E-state index is -0.998. The molecule has 1 aliphatic rings. The Balaban J connectivity index is 1.45. The molecule has 0 fully saturated rings. The minimum absolute atomic E-state index is 0.182. The number of methoxy groups -OCH3 is 1. The average Bonchev–Trinajstić information content (AvgIpc) is 3.22. The van der Waals surface area contributed by atoms with Gasteiger partial charge in [0, 0.05) is 11.3 Å². The number of hydrogen-bond acceptors (Lipinski definition) is 8. The van der Waals surface area contributed by atoms with Crippen molar-refractivity contribution >= 4 is 23.3 Å². The van der Waals surface area contributed by atoms with Crippen LogP contribution in [0.4, 0.5) is 5.69 Å². The Kier molecular flexibility index (Phi) is 6.74. The molecule has 0 bridgehead atoms. The summed E-state index contributed by atoms with van der Waals surface area (Å²) >= 11 is 0. The number of oxime groups is 1. The predicted octanol–water partition coefficient (Wildman–Crippen LogP) is 2.73. The van der Waals surface area contributed by atoms with E-state index in [0.717, 1.165) is 5.56 Å². The molecule has 0 saturated carbocycles. The van der Waals surface area contributed by atoms with Gasteiger partial charge in [-0.1, -0.05) is 5.16 Å². The van der Waals surface area contributed by atoms with Crippen molar-refractivity contribution < 1.29 is 33.4 Å². The molecule has 1 unspecified atom stereocenters. The van der Waals surface area contributed by atoms with Gasteiger partial charge in [-0.15, -0.1) is 0 Å². The minimum Gasteiger partial charge on any atom is -0.497 e. The van der Waals surface area contributed by atoms with E-state index in [-0.39, 0.29) is 6.79 Å². The highest BCUT2D eigenvalue weighted by Gasteiger charge is 2.19. The molecule has 1 amide bonds. The maximum absolute atomic E-state index is 12.2. The van der Waals surface area contributed by atoms with E-state index in [1.807, 2.05) is 0 Å². The lowest BCUT2D eigenvalue weighted by atomic mass is 10.1. The fraction of sp³-hybridized carbons (Fsp3) is 0.286. The van der Waals surface area contributed by atoms with Gasteiger partial charge < -0.3 is 29.1 Å². The molecule has 1 N–H and O–H groups in total. The quantitative estimate of drug-likeness (QED) is 0.402. The van der Waals surface area contributed by atoms with Gasteiger partial charge in [0.15, 0.2) is 17.6 Å². The third-order valence-electron chi connectivity index (χ3n) is 4.21. The lowest BCUT2D eigenvalue weighted by molar-refractivity contribution is -0.157. The zero-order valence-corrected chi connectivity index (χ0v) is 16.8. The van der Waals surface area contributed by atoms with Crippen molar-refractivity contribution in [3.63, 3.8) is 0 Å². The number of benzene rings is 2. The fourth-order valence-electron chi connectivity index (χ4n) is 2.56. The predicted molar refractivity (Wildman–Crippen MR) is 108 cm³/mol. The highest BCUT2D eigenvalue weighted by Crippen LogP contribution is 2.32. The van der Waals surface area contributed by atoms with Crippen molar-refractivity contribution in [3.8, 4) is 17.2 Å². The van der Waals surface area contributed by atoms with E-state index in [1.54, 1.807) is 56.5 Å². The van der Waals surface area contributed by atoms with Gasteiger partial charge in [0.05, 0.1) is 12.8 Å². The van der Waals surface area contributed by atoms with Crippen molar-refractivity contribution in [3.05, 3.63) is 48.0 Å². The number of fused-ring (bicyclic) bond motifs is 1. The molecule has 0 aliphatic carbocycles. The molecule has 2 aromatic rings. The highest BCUT2D eigenvalue weighted by molar-refractivity contribution is 5.99. The first-order valence-electron chi connectivity index (χ1n) is 9.17. The topological polar surface area (TPSA) is 105 Å². The van der Waals surface area contributed by atoms with Crippen LogP contribution in [0.15, 0.2) is 47.6 Å². The van der Waals surface area contributed by atoms with E-state index in [1.165, 1.54) is 6.92 Å². The van der Waals surface area contributed by atoms with E-state index in [4.69, 9.17) is 23.8 Å². The summed E-state index contributed by atoms with van der Waals surface area (Å²) in [7, 11) is 1.55. The number of rotatable bonds is 8. The van der Waals surface area contributed by atoms with Crippen LogP contribution in [-0.2, 0) is 19.2 Å². The molecule has 0 spiro atoms. The highest BCUT2D eigenvalue weighted by atomic mass is 16.7. The van der Waals surface area contributed by atoms with Gasteiger partial charge in [0.1, 0.15) is 5.75 Å². The molecule has 3 rings (SSSR count). The summed E-state index contributed by atoms with van der Waals surface area (Å²) in [5.41, 5.74) is 1.87. The normalized spacial score (nSPS) is 13.4. The number of ether oxygens (including phenoxy) is 4. The van der Waals surface area contributed by atoms with E-state index in [0.29, 0.717) is 28.6 Å². The number of nitrogens with one attached hydrogen (secondary N) is 1. The number of carbonyl (C=O) groups is 2. The van der Waals surface area contributed by atoms with E-state index in [2.05, 4.69) is 10.5 Å². The van der Waals surface area contributed by atoms with Gasteiger partial charge in [-0.25, -0.2) is 4.79 Å². The first-order valence-corrected chi connectivity index (χ1v) is 9.17. The van der Waals surface area contributed by atoms with Crippen LogP contribution in [0.3, 0.4) is 0 Å². The molecule has 0 saturated heterocycles. The van der Waals surface area contributed by atoms with Gasteiger partial charge in [0.2, 0.25) is 13.4 Å². The van der Waals surface area contributed by atoms with Gasteiger partial charge in [0.25, 0.3) is 5.91 Å². The number of hydrogen-bond donors (Lipinski definition) is 1. The molecule has 1 aliphatic heterocycles. The zero-order chi connectivity index (χ0) is 21.5. The number of nitrogens with zero attached hydrogens (tertiary/aromatic N) is 1. The summed E-state index contributed by atoms with van der Waals surface area (Å²) in [6, 6.07) is 12.1. The number of carbonyl (C=O) groups excluding carboxylic acids is 2. The summed E-state index contributed by atoms with van der Waals surface area (Å²) in [4.78, 5) is 29.1.